The van der Waals surface area contributed by atoms with Crippen LogP contribution >= 0.6 is 0 Å². The van der Waals surface area contributed by atoms with E-state index in [0.29, 0.717) is 42.4 Å². The number of amides is 1. The average Bonchev–Trinajstić information content (AvgIpc) is 3.28. The number of piperazine rings is 1. The van der Waals surface area contributed by atoms with E-state index in [4.69, 9.17) is 9.47 Å². The molecule has 2 aliphatic heterocycles. The van der Waals surface area contributed by atoms with E-state index in [-0.39, 0.29) is 5.91 Å². The maximum Gasteiger partial charge on any atom is 0.339 e. The van der Waals surface area contributed by atoms with E-state index < -0.39 is 5.97 Å². The van der Waals surface area contributed by atoms with Crippen LogP contribution in [0.4, 0.5) is 0 Å². The maximum absolute atomic E-state index is 13.0. The number of rotatable bonds is 5. The largest absolute Gasteiger partial charge is 0.465 e. The van der Waals surface area contributed by atoms with Crippen molar-refractivity contribution in [2.75, 3.05) is 46.4 Å². The van der Waals surface area contributed by atoms with Gasteiger partial charge in [-0.25, -0.2) is 4.79 Å². The minimum Gasteiger partial charge on any atom is -0.465 e. The van der Waals surface area contributed by atoms with E-state index in [9.17, 15) is 9.59 Å². The molecule has 2 saturated heterocycles. The van der Waals surface area contributed by atoms with E-state index in [1.165, 1.54) is 7.11 Å². The van der Waals surface area contributed by atoms with Crippen LogP contribution in [0.3, 0.4) is 0 Å². The summed E-state index contributed by atoms with van der Waals surface area (Å²) in [7, 11) is 1.36. The van der Waals surface area contributed by atoms with E-state index >= 15 is 0 Å². The summed E-state index contributed by atoms with van der Waals surface area (Å²) in [4.78, 5) is 32.4. The van der Waals surface area contributed by atoms with Crippen LogP contribution in [0, 0.1) is 6.92 Å². The third-order valence-electron chi connectivity index (χ3n) is 5.43. The molecule has 1 N–H and O–H groups in total. The zero-order chi connectivity index (χ0) is 18.7. The summed E-state index contributed by atoms with van der Waals surface area (Å²) in [5.74, 6) is -0.430. The number of carbonyl (C=O) groups is 2. The number of carbonyl (C=O) groups excluding carboxylic acids is 2. The molecule has 1 unspecified atom stereocenters. The number of esters is 1. The first-order valence-electron chi connectivity index (χ1n) is 9.48. The normalized spacial score (nSPS) is 21.2. The highest BCUT2D eigenvalue weighted by molar-refractivity contribution is 6.00. The molecule has 2 aliphatic rings. The molecule has 2 fully saturated rings. The molecule has 3 rings (SSSR count). The van der Waals surface area contributed by atoms with Gasteiger partial charge in [0.05, 0.1) is 18.8 Å². The molecule has 1 aromatic rings. The molecule has 1 atom stereocenters. The van der Waals surface area contributed by atoms with Crippen LogP contribution in [0.25, 0.3) is 0 Å². The average molecular weight is 363 g/mol. The number of ether oxygens (including phenoxy) is 2. The Hall–Kier alpha value is -1.86. The summed E-state index contributed by atoms with van der Waals surface area (Å²) in [5, 5.41) is 0. The highest BCUT2D eigenvalue weighted by atomic mass is 16.5. The Labute approximate surface area is 154 Å². The molecule has 0 spiro atoms. The predicted octanol–water partition coefficient (Wildman–Crippen LogP) is 1.61. The van der Waals surface area contributed by atoms with Gasteiger partial charge in [0.15, 0.2) is 0 Å². The topological polar surface area (TPSA) is 74.9 Å². The van der Waals surface area contributed by atoms with Crippen LogP contribution < -0.4 is 0 Å². The van der Waals surface area contributed by atoms with Crippen LogP contribution in [0.5, 0.6) is 0 Å². The Bertz CT molecular complexity index is 656. The Balaban J connectivity index is 1.65. The minimum absolute atomic E-state index is 0.0379. The summed E-state index contributed by atoms with van der Waals surface area (Å²) in [6.07, 6.45) is 3.28. The van der Waals surface area contributed by atoms with Crippen LogP contribution in [0.1, 0.15) is 51.9 Å². The molecule has 0 bridgehead atoms. The first-order valence-corrected chi connectivity index (χ1v) is 9.48. The number of methoxy groups -OCH3 is 1. The molecule has 0 saturated carbocycles. The second kappa shape index (κ2) is 8.22. The Morgan fingerprint density at radius 2 is 2.00 bits per heavy atom. The van der Waals surface area contributed by atoms with Crippen molar-refractivity contribution in [2.24, 2.45) is 0 Å². The maximum atomic E-state index is 13.0. The number of nitrogens with zero attached hydrogens (tertiary/aromatic N) is 2. The lowest BCUT2D eigenvalue weighted by Gasteiger charge is -2.35. The molecule has 0 aliphatic carbocycles. The number of hydrogen-bond acceptors (Lipinski definition) is 5. The second-order valence-electron chi connectivity index (χ2n) is 7.05. The highest BCUT2D eigenvalue weighted by Gasteiger charge is 2.29. The fourth-order valence-electron chi connectivity index (χ4n) is 3.88. The number of aryl methyl sites for hydroxylation is 1. The van der Waals surface area contributed by atoms with Crippen LogP contribution in [-0.2, 0) is 15.9 Å². The molecule has 0 radical (unpaired) electrons. The third-order valence-corrected chi connectivity index (χ3v) is 5.43. The van der Waals surface area contributed by atoms with Gasteiger partial charge in [0.25, 0.3) is 5.91 Å². The van der Waals surface area contributed by atoms with Gasteiger partial charge in [-0.3, -0.25) is 9.69 Å². The first kappa shape index (κ1) is 18.9. The van der Waals surface area contributed by atoms with E-state index in [2.05, 4.69) is 9.88 Å². The smallest absolute Gasteiger partial charge is 0.339 e. The van der Waals surface area contributed by atoms with Gasteiger partial charge in [-0.05, 0) is 31.7 Å². The molecule has 1 amide bonds. The number of aromatic amines is 1. The molecular formula is C19H29N3O4. The third kappa shape index (κ3) is 3.78. The zero-order valence-corrected chi connectivity index (χ0v) is 16.0. The van der Waals surface area contributed by atoms with Crippen molar-refractivity contribution in [3.8, 4) is 0 Å². The standard InChI is InChI=1S/C19H29N3O4/c1-4-15-16(19(24)25-3)13(2)17(20-15)18(23)22-9-7-21(8-10-22)12-14-6-5-11-26-14/h14,20H,4-12H2,1-3H3. The molecular weight excluding hydrogens is 334 g/mol. The fraction of sp³-hybridized carbons (Fsp3) is 0.684. The molecule has 7 nitrogen and oxygen atoms in total. The minimum atomic E-state index is -0.393. The number of H-pyrrole nitrogens is 1. The fourth-order valence-corrected chi connectivity index (χ4v) is 3.88. The van der Waals surface area contributed by atoms with E-state index in [1.807, 2.05) is 18.7 Å². The van der Waals surface area contributed by atoms with Gasteiger partial charge in [0.2, 0.25) is 0 Å². The van der Waals surface area contributed by atoms with Crippen molar-refractivity contribution < 1.29 is 19.1 Å². The first-order chi connectivity index (χ1) is 12.5. The van der Waals surface area contributed by atoms with Gasteiger partial charge in [-0.15, -0.1) is 0 Å². The van der Waals surface area contributed by atoms with Crippen molar-refractivity contribution in [1.29, 1.82) is 0 Å². The Kier molecular flexibility index (Phi) is 5.98. The Morgan fingerprint density at radius 3 is 2.58 bits per heavy atom. The molecule has 3 heterocycles. The van der Waals surface area contributed by atoms with Crippen molar-refractivity contribution >= 4 is 11.9 Å². The lowest BCUT2D eigenvalue weighted by molar-refractivity contribution is 0.0429. The molecule has 144 valence electrons. The van der Waals surface area contributed by atoms with Crippen LogP contribution in [-0.4, -0.2) is 79.2 Å². The van der Waals surface area contributed by atoms with Gasteiger partial charge < -0.3 is 19.4 Å². The van der Waals surface area contributed by atoms with E-state index in [1.54, 1.807) is 0 Å². The number of nitrogens with one attached hydrogen (secondary N) is 1. The Morgan fingerprint density at radius 1 is 1.27 bits per heavy atom. The van der Waals surface area contributed by atoms with Gasteiger partial charge in [0.1, 0.15) is 5.69 Å². The van der Waals surface area contributed by atoms with Gasteiger partial charge >= 0.3 is 5.97 Å². The second-order valence-corrected chi connectivity index (χ2v) is 7.05. The summed E-state index contributed by atoms with van der Waals surface area (Å²) >= 11 is 0. The molecule has 26 heavy (non-hydrogen) atoms. The zero-order valence-electron chi connectivity index (χ0n) is 16.0. The lowest BCUT2D eigenvalue weighted by Crippen LogP contribution is -2.50. The van der Waals surface area contributed by atoms with Crippen molar-refractivity contribution in [1.82, 2.24) is 14.8 Å². The molecule has 1 aromatic heterocycles. The van der Waals surface area contributed by atoms with Crippen molar-refractivity contribution in [3.63, 3.8) is 0 Å². The summed E-state index contributed by atoms with van der Waals surface area (Å²) < 4.78 is 10.6. The van der Waals surface area contributed by atoms with Gasteiger partial charge in [-0.1, -0.05) is 6.92 Å². The summed E-state index contributed by atoms with van der Waals surface area (Å²) in [6, 6.07) is 0. The lowest BCUT2D eigenvalue weighted by atomic mass is 10.1. The quantitative estimate of drug-likeness (QED) is 0.805. The monoisotopic (exact) mass is 363 g/mol. The van der Waals surface area contributed by atoms with Crippen LogP contribution in [0.15, 0.2) is 0 Å². The summed E-state index contributed by atoms with van der Waals surface area (Å²) in [6.45, 7) is 8.69. The predicted molar refractivity (Wildman–Crippen MR) is 97.6 cm³/mol. The highest BCUT2D eigenvalue weighted by Crippen LogP contribution is 2.22. The van der Waals surface area contributed by atoms with Gasteiger partial charge in [0, 0.05) is 45.0 Å². The van der Waals surface area contributed by atoms with E-state index in [0.717, 1.165) is 44.8 Å². The molecule has 7 heteroatoms. The van der Waals surface area contributed by atoms with Gasteiger partial charge in [-0.2, -0.15) is 0 Å². The molecule has 0 aromatic carbocycles. The van der Waals surface area contributed by atoms with Crippen molar-refractivity contribution in [2.45, 2.75) is 39.2 Å². The number of hydrogen-bond donors (Lipinski definition) is 1. The SMILES string of the molecule is CCc1[nH]c(C(=O)N2CCN(CC3CCCO3)CC2)c(C)c1C(=O)OC. The summed E-state index contributed by atoms with van der Waals surface area (Å²) in [5.41, 5.74) is 2.44. The van der Waals surface area contributed by atoms with Crippen LogP contribution in [0.2, 0.25) is 0 Å². The number of aromatic nitrogens is 1. The van der Waals surface area contributed by atoms with Crippen molar-refractivity contribution in [3.05, 3.63) is 22.5 Å².